The predicted octanol–water partition coefficient (Wildman–Crippen LogP) is 3.53. The van der Waals surface area contributed by atoms with Crippen LogP contribution in [0.15, 0.2) is 53.4 Å². The van der Waals surface area contributed by atoms with E-state index in [9.17, 15) is 9.18 Å². The van der Waals surface area contributed by atoms with Crippen molar-refractivity contribution in [1.29, 1.82) is 5.26 Å². The summed E-state index contributed by atoms with van der Waals surface area (Å²) in [4.78, 5) is 12.1. The fourth-order valence-corrected chi connectivity index (χ4v) is 2.39. The van der Waals surface area contributed by atoms with Gasteiger partial charge in [-0.3, -0.25) is 4.79 Å². The molecular weight excluding hydrogens is 289 g/mol. The quantitative estimate of drug-likeness (QED) is 0.626. The summed E-state index contributed by atoms with van der Waals surface area (Å²) in [7, 11) is 0. The number of halogens is 1. The highest BCUT2D eigenvalue weighted by Gasteiger charge is 2.09. The lowest BCUT2D eigenvalue weighted by Crippen LogP contribution is -2.08. The molecule has 0 unspecified atom stereocenters. The molecule has 106 valence electrons. The van der Waals surface area contributed by atoms with Crippen LogP contribution in [0.2, 0.25) is 0 Å². The van der Waals surface area contributed by atoms with Gasteiger partial charge in [-0.25, -0.2) is 4.39 Å². The van der Waals surface area contributed by atoms with E-state index in [-0.39, 0.29) is 18.2 Å². The van der Waals surface area contributed by atoms with Crippen LogP contribution in [0.1, 0.15) is 11.1 Å². The molecule has 2 rings (SSSR count). The van der Waals surface area contributed by atoms with Gasteiger partial charge in [0.2, 0.25) is 0 Å². The van der Waals surface area contributed by atoms with Crippen LogP contribution in [0, 0.1) is 17.1 Å². The molecule has 0 N–H and O–H groups in total. The first-order chi connectivity index (χ1) is 10.2. The molecule has 0 aliphatic carbocycles. The van der Waals surface area contributed by atoms with Gasteiger partial charge in [0.05, 0.1) is 17.4 Å². The highest BCUT2D eigenvalue weighted by atomic mass is 32.2. The Morgan fingerprint density at radius 1 is 1.19 bits per heavy atom. The Labute approximate surface area is 126 Å². The maximum atomic E-state index is 13.4. The Hall–Kier alpha value is -2.32. The SMILES string of the molecule is N#Cc1ccccc1COC(=O)CSc1ccccc1F. The normalized spacial score (nSPS) is 9.90. The van der Waals surface area contributed by atoms with E-state index >= 15 is 0 Å². The molecule has 0 aliphatic rings. The highest BCUT2D eigenvalue weighted by molar-refractivity contribution is 8.00. The molecule has 3 nitrogen and oxygen atoms in total. The third-order valence-corrected chi connectivity index (χ3v) is 3.73. The molecule has 0 amide bonds. The van der Waals surface area contributed by atoms with Crippen LogP contribution in [0.5, 0.6) is 0 Å². The standard InChI is InChI=1S/C16H12FNO2S/c17-14-7-3-4-8-15(14)21-11-16(19)20-10-13-6-2-1-5-12(13)9-18/h1-8H,10-11H2. The van der Waals surface area contributed by atoms with Gasteiger partial charge in [-0.1, -0.05) is 30.3 Å². The minimum absolute atomic E-state index is 0.0235. The van der Waals surface area contributed by atoms with Crippen molar-refractivity contribution in [3.63, 3.8) is 0 Å². The summed E-state index contributed by atoms with van der Waals surface area (Å²) in [5, 5.41) is 8.93. The molecule has 0 saturated heterocycles. The summed E-state index contributed by atoms with van der Waals surface area (Å²) < 4.78 is 18.5. The molecule has 2 aromatic carbocycles. The summed E-state index contributed by atoms with van der Waals surface area (Å²) in [5.74, 6) is -0.781. The average Bonchev–Trinajstić information content (AvgIpc) is 2.52. The van der Waals surface area contributed by atoms with Gasteiger partial charge in [-0.05, 0) is 18.2 Å². The van der Waals surface area contributed by atoms with Crippen molar-refractivity contribution in [1.82, 2.24) is 0 Å². The van der Waals surface area contributed by atoms with Crippen LogP contribution in [-0.2, 0) is 16.1 Å². The van der Waals surface area contributed by atoms with Crippen LogP contribution >= 0.6 is 11.8 Å². The zero-order chi connectivity index (χ0) is 15.1. The molecule has 5 heteroatoms. The first-order valence-corrected chi connectivity index (χ1v) is 7.20. The number of benzene rings is 2. The monoisotopic (exact) mass is 301 g/mol. The lowest BCUT2D eigenvalue weighted by molar-refractivity contribution is -0.141. The van der Waals surface area contributed by atoms with Crippen LogP contribution in [0.4, 0.5) is 4.39 Å². The van der Waals surface area contributed by atoms with Crippen molar-refractivity contribution in [3.05, 3.63) is 65.5 Å². The minimum atomic E-state index is -0.448. The van der Waals surface area contributed by atoms with Crippen LogP contribution in [-0.4, -0.2) is 11.7 Å². The van der Waals surface area contributed by atoms with Crippen LogP contribution in [0.3, 0.4) is 0 Å². The van der Waals surface area contributed by atoms with Gasteiger partial charge in [0, 0.05) is 10.5 Å². The van der Waals surface area contributed by atoms with Crippen molar-refractivity contribution in [3.8, 4) is 6.07 Å². The number of rotatable bonds is 5. The predicted molar refractivity (Wildman–Crippen MR) is 78.1 cm³/mol. The minimum Gasteiger partial charge on any atom is -0.460 e. The van der Waals surface area contributed by atoms with Crippen LogP contribution < -0.4 is 0 Å². The van der Waals surface area contributed by atoms with Crippen molar-refractivity contribution in [2.75, 3.05) is 5.75 Å². The van der Waals surface area contributed by atoms with Gasteiger partial charge in [-0.2, -0.15) is 5.26 Å². The number of nitriles is 1. The highest BCUT2D eigenvalue weighted by Crippen LogP contribution is 2.21. The number of nitrogens with zero attached hydrogens (tertiary/aromatic N) is 1. The molecular formula is C16H12FNO2S. The van der Waals surface area contributed by atoms with Gasteiger partial charge in [0.1, 0.15) is 12.4 Å². The van der Waals surface area contributed by atoms with E-state index in [4.69, 9.17) is 10.00 Å². The molecule has 0 fully saturated rings. The fourth-order valence-electron chi connectivity index (χ4n) is 1.65. The number of carbonyl (C=O) groups is 1. The second kappa shape index (κ2) is 7.46. The lowest BCUT2D eigenvalue weighted by Gasteiger charge is -2.06. The Balaban J connectivity index is 1.86. The zero-order valence-corrected chi connectivity index (χ0v) is 11.9. The third-order valence-electron chi connectivity index (χ3n) is 2.71. The molecule has 21 heavy (non-hydrogen) atoms. The zero-order valence-electron chi connectivity index (χ0n) is 11.1. The van der Waals surface area contributed by atoms with Crippen molar-refractivity contribution >= 4 is 17.7 Å². The van der Waals surface area contributed by atoms with E-state index in [1.54, 1.807) is 42.5 Å². The number of thioether (sulfide) groups is 1. The van der Waals surface area contributed by atoms with E-state index in [0.717, 1.165) is 11.8 Å². The second-order valence-corrected chi connectivity index (χ2v) is 5.17. The first kappa shape index (κ1) is 15.1. The summed E-state index contributed by atoms with van der Waals surface area (Å²) in [6, 6.07) is 15.2. The van der Waals surface area contributed by atoms with E-state index in [1.165, 1.54) is 6.07 Å². The number of hydrogen-bond donors (Lipinski definition) is 0. The molecule has 0 spiro atoms. The largest absolute Gasteiger partial charge is 0.460 e. The Morgan fingerprint density at radius 3 is 2.67 bits per heavy atom. The van der Waals surface area contributed by atoms with Crippen molar-refractivity contribution in [2.45, 2.75) is 11.5 Å². The molecule has 0 aromatic heterocycles. The molecule has 0 heterocycles. The van der Waals surface area contributed by atoms with Gasteiger partial charge >= 0.3 is 5.97 Å². The van der Waals surface area contributed by atoms with E-state index < -0.39 is 5.97 Å². The Kier molecular flexibility index (Phi) is 5.35. The molecule has 0 bridgehead atoms. The van der Waals surface area contributed by atoms with Gasteiger partial charge in [0.15, 0.2) is 0 Å². The van der Waals surface area contributed by atoms with Crippen molar-refractivity contribution in [2.24, 2.45) is 0 Å². The Bertz CT molecular complexity index is 682. The number of carbonyl (C=O) groups excluding carboxylic acids is 1. The average molecular weight is 301 g/mol. The number of hydrogen-bond acceptors (Lipinski definition) is 4. The number of ether oxygens (including phenoxy) is 1. The summed E-state index contributed by atoms with van der Waals surface area (Å²) >= 11 is 1.09. The van der Waals surface area contributed by atoms with Gasteiger partial charge < -0.3 is 4.74 Å². The summed E-state index contributed by atoms with van der Waals surface area (Å²) in [6.07, 6.45) is 0. The molecule has 2 aromatic rings. The fraction of sp³-hybridized carbons (Fsp3) is 0.125. The van der Waals surface area contributed by atoms with E-state index in [2.05, 4.69) is 0 Å². The van der Waals surface area contributed by atoms with Gasteiger partial charge in [-0.15, -0.1) is 11.8 Å². The topological polar surface area (TPSA) is 50.1 Å². The lowest BCUT2D eigenvalue weighted by atomic mass is 10.1. The summed E-state index contributed by atoms with van der Waals surface area (Å²) in [6.45, 7) is 0.0421. The molecule has 0 aliphatic heterocycles. The van der Waals surface area contributed by atoms with Gasteiger partial charge in [0.25, 0.3) is 0 Å². The second-order valence-electron chi connectivity index (χ2n) is 4.15. The maximum Gasteiger partial charge on any atom is 0.316 e. The van der Waals surface area contributed by atoms with E-state index in [1.807, 2.05) is 6.07 Å². The smallest absolute Gasteiger partial charge is 0.316 e. The summed E-state index contributed by atoms with van der Waals surface area (Å²) in [5.41, 5.74) is 1.14. The van der Waals surface area contributed by atoms with Crippen molar-refractivity contribution < 1.29 is 13.9 Å². The molecule has 0 radical (unpaired) electrons. The number of esters is 1. The first-order valence-electron chi connectivity index (χ1n) is 6.21. The van der Waals surface area contributed by atoms with Crippen LogP contribution in [0.25, 0.3) is 0 Å². The molecule has 0 atom stereocenters. The third kappa shape index (κ3) is 4.33. The maximum absolute atomic E-state index is 13.4. The Morgan fingerprint density at radius 2 is 1.90 bits per heavy atom. The van der Waals surface area contributed by atoms with E-state index in [0.29, 0.717) is 16.0 Å². The molecule has 0 saturated carbocycles.